The third-order valence-corrected chi connectivity index (χ3v) is 3.73. The van der Waals surface area contributed by atoms with Crippen molar-refractivity contribution < 1.29 is 27.8 Å². The number of hydrogen-bond acceptors (Lipinski definition) is 4. The fourth-order valence-electron chi connectivity index (χ4n) is 2.42. The first-order chi connectivity index (χ1) is 12.5. The van der Waals surface area contributed by atoms with E-state index in [1.165, 1.54) is 19.2 Å². The van der Waals surface area contributed by atoms with Crippen LogP contribution in [0.3, 0.4) is 0 Å². The van der Waals surface area contributed by atoms with Gasteiger partial charge in [-0.25, -0.2) is 0 Å². The van der Waals surface area contributed by atoms with E-state index in [1.807, 2.05) is 0 Å². The molecule has 0 spiro atoms. The SMILES string of the molecule is COc1ccc(CC(=O)NCCc2ccc(OC(F)F)cc2)c(OC)c1. The van der Waals surface area contributed by atoms with Gasteiger partial charge in [-0.1, -0.05) is 18.2 Å². The van der Waals surface area contributed by atoms with E-state index in [4.69, 9.17) is 9.47 Å². The minimum absolute atomic E-state index is 0.111. The number of ether oxygens (including phenoxy) is 3. The zero-order valence-corrected chi connectivity index (χ0v) is 14.6. The summed E-state index contributed by atoms with van der Waals surface area (Å²) in [4.78, 5) is 12.1. The Morgan fingerprint density at radius 1 is 1.04 bits per heavy atom. The third kappa shape index (κ3) is 5.91. The number of carbonyl (C=O) groups is 1. The summed E-state index contributed by atoms with van der Waals surface area (Å²) in [6.45, 7) is -2.40. The van der Waals surface area contributed by atoms with Crippen molar-refractivity contribution in [1.82, 2.24) is 5.32 Å². The van der Waals surface area contributed by atoms with Gasteiger partial charge in [0.25, 0.3) is 0 Å². The first kappa shape index (κ1) is 19.5. The molecule has 0 atom stereocenters. The number of rotatable bonds is 9. The van der Waals surface area contributed by atoms with Gasteiger partial charge in [0.15, 0.2) is 0 Å². The predicted molar refractivity (Wildman–Crippen MR) is 93.0 cm³/mol. The molecule has 2 aromatic carbocycles. The van der Waals surface area contributed by atoms with Gasteiger partial charge in [-0.15, -0.1) is 0 Å². The zero-order chi connectivity index (χ0) is 18.9. The summed E-state index contributed by atoms with van der Waals surface area (Å²) in [6, 6.07) is 11.6. The number of halogens is 2. The molecule has 1 N–H and O–H groups in total. The monoisotopic (exact) mass is 365 g/mol. The second-order valence-corrected chi connectivity index (χ2v) is 5.48. The lowest BCUT2D eigenvalue weighted by Gasteiger charge is -2.11. The third-order valence-electron chi connectivity index (χ3n) is 3.73. The Morgan fingerprint density at radius 2 is 1.73 bits per heavy atom. The summed E-state index contributed by atoms with van der Waals surface area (Å²) in [5.74, 6) is 1.23. The Kier molecular flexibility index (Phi) is 7.20. The highest BCUT2D eigenvalue weighted by Crippen LogP contribution is 2.24. The van der Waals surface area contributed by atoms with Crippen LogP contribution >= 0.6 is 0 Å². The molecule has 2 aromatic rings. The van der Waals surface area contributed by atoms with Crippen molar-refractivity contribution in [1.29, 1.82) is 0 Å². The minimum atomic E-state index is -2.84. The standard InChI is InChI=1S/C19H21F2NO4/c1-24-16-8-5-14(17(12-16)25-2)11-18(23)22-10-9-13-3-6-15(7-4-13)26-19(20)21/h3-8,12,19H,9-11H2,1-2H3,(H,22,23). The smallest absolute Gasteiger partial charge is 0.387 e. The van der Waals surface area contributed by atoms with Crippen molar-refractivity contribution >= 4 is 5.91 Å². The summed E-state index contributed by atoms with van der Waals surface area (Å²) in [6.07, 6.45) is 0.773. The van der Waals surface area contributed by atoms with Crippen LogP contribution in [0.25, 0.3) is 0 Å². The van der Waals surface area contributed by atoms with Crippen molar-refractivity contribution in [2.24, 2.45) is 0 Å². The van der Waals surface area contributed by atoms with Crippen molar-refractivity contribution in [2.75, 3.05) is 20.8 Å². The molecular formula is C19H21F2NO4. The summed E-state index contributed by atoms with van der Waals surface area (Å²) >= 11 is 0. The highest BCUT2D eigenvalue weighted by molar-refractivity contribution is 5.79. The van der Waals surface area contributed by atoms with Crippen LogP contribution < -0.4 is 19.5 Å². The van der Waals surface area contributed by atoms with Gasteiger partial charge in [0.1, 0.15) is 17.2 Å². The van der Waals surface area contributed by atoms with Gasteiger partial charge >= 0.3 is 6.61 Å². The van der Waals surface area contributed by atoms with Crippen LogP contribution in [-0.2, 0) is 17.6 Å². The number of amides is 1. The van der Waals surface area contributed by atoms with E-state index in [0.29, 0.717) is 24.5 Å². The molecule has 0 saturated carbocycles. The number of methoxy groups -OCH3 is 2. The maximum Gasteiger partial charge on any atom is 0.387 e. The van der Waals surface area contributed by atoms with Crippen molar-refractivity contribution in [3.63, 3.8) is 0 Å². The van der Waals surface area contributed by atoms with Crippen LogP contribution in [-0.4, -0.2) is 33.3 Å². The number of nitrogens with one attached hydrogen (secondary N) is 1. The van der Waals surface area contributed by atoms with Crippen molar-refractivity contribution in [3.8, 4) is 17.2 Å². The first-order valence-electron chi connectivity index (χ1n) is 8.03. The lowest BCUT2D eigenvalue weighted by molar-refractivity contribution is -0.120. The van der Waals surface area contributed by atoms with Crippen LogP contribution in [0.1, 0.15) is 11.1 Å². The molecule has 1 amide bonds. The predicted octanol–water partition coefficient (Wildman–Crippen LogP) is 3.21. The minimum Gasteiger partial charge on any atom is -0.497 e. The molecule has 0 heterocycles. The van der Waals surface area contributed by atoms with E-state index in [0.717, 1.165) is 11.1 Å². The van der Waals surface area contributed by atoms with Gasteiger partial charge < -0.3 is 19.5 Å². The molecule has 7 heteroatoms. The second kappa shape index (κ2) is 9.60. The molecule has 0 fully saturated rings. The normalized spacial score (nSPS) is 10.5. The Balaban J connectivity index is 1.82. The lowest BCUT2D eigenvalue weighted by atomic mass is 10.1. The van der Waals surface area contributed by atoms with Gasteiger partial charge in [-0.2, -0.15) is 8.78 Å². The Hall–Kier alpha value is -2.83. The van der Waals surface area contributed by atoms with Gasteiger partial charge in [0.05, 0.1) is 20.6 Å². The highest BCUT2D eigenvalue weighted by Gasteiger charge is 2.10. The van der Waals surface area contributed by atoms with E-state index >= 15 is 0 Å². The molecule has 0 aliphatic rings. The maximum absolute atomic E-state index is 12.1. The molecule has 0 saturated heterocycles. The topological polar surface area (TPSA) is 56.8 Å². The molecule has 26 heavy (non-hydrogen) atoms. The summed E-state index contributed by atoms with van der Waals surface area (Å²) in [5, 5.41) is 2.83. The summed E-state index contributed by atoms with van der Waals surface area (Å²) in [5.41, 5.74) is 1.67. The molecule has 5 nitrogen and oxygen atoms in total. The summed E-state index contributed by atoms with van der Waals surface area (Å²) < 4.78 is 38.9. The average molecular weight is 365 g/mol. The Morgan fingerprint density at radius 3 is 2.35 bits per heavy atom. The summed E-state index contributed by atoms with van der Waals surface area (Å²) in [7, 11) is 3.10. The molecule has 0 aliphatic carbocycles. The quantitative estimate of drug-likeness (QED) is 0.741. The van der Waals surface area contributed by atoms with Crippen molar-refractivity contribution in [3.05, 3.63) is 53.6 Å². The zero-order valence-electron chi connectivity index (χ0n) is 14.6. The molecule has 0 unspecified atom stereocenters. The van der Waals surface area contributed by atoms with E-state index in [9.17, 15) is 13.6 Å². The number of carbonyl (C=O) groups excluding carboxylic acids is 1. The van der Waals surface area contributed by atoms with E-state index in [-0.39, 0.29) is 18.1 Å². The molecular weight excluding hydrogens is 344 g/mol. The molecule has 0 radical (unpaired) electrons. The largest absolute Gasteiger partial charge is 0.497 e. The lowest BCUT2D eigenvalue weighted by Crippen LogP contribution is -2.27. The Bertz CT molecular complexity index is 720. The van der Waals surface area contributed by atoms with E-state index in [2.05, 4.69) is 10.1 Å². The van der Waals surface area contributed by atoms with Crippen LogP contribution in [0.4, 0.5) is 8.78 Å². The van der Waals surface area contributed by atoms with E-state index < -0.39 is 6.61 Å². The van der Waals surface area contributed by atoms with Gasteiger partial charge in [-0.3, -0.25) is 4.79 Å². The van der Waals surface area contributed by atoms with Crippen LogP contribution in [0.15, 0.2) is 42.5 Å². The first-order valence-corrected chi connectivity index (χ1v) is 8.03. The fraction of sp³-hybridized carbons (Fsp3) is 0.316. The molecule has 0 aromatic heterocycles. The van der Waals surface area contributed by atoms with Gasteiger partial charge in [0, 0.05) is 18.2 Å². The molecule has 0 aliphatic heterocycles. The molecule has 0 bridgehead atoms. The molecule has 2 rings (SSSR count). The van der Waals surface area contributed by atoms with Gasteiger partial charge in [0.2, 0.25) is 5.91 Å². The maximum atomic E-state index is 12.1. The second-order valence-electron chi connectivity index (χ2n) is 5.48. The van der Waals surface area contributed by atoms with Crippen molar-refractivity contribution in [2.45, 2.75) is 19.5 Å². The van der Waals surface area contributed by atoms with Crippen LogP contribution in [0.5, 0.6) is 17.2 Å². The fourth-order valence-corrected chi connectivity index (χ4v) is 2.42. The van der Waals surface area contributed by atoms with Gasteiger partial charge in [-0.05, 0) is 30.2 Å². The number of alkyl halides is 2. The van der Waals surface area contributed by atoms with Crippen LogP contribution in [0, 0.1) is 0 Å². The number of hydrogen-bond donors (Lipinski definition) is 1. The average Bonchev–Trinajstić information content (AvgIpc) is 2.63. The highest BCUT2D eigenvalue weighted by atomic mass is 19.3. The molecule has 140 valence electrons. The van der Waals surface area contributed by atoms with E-state index in [1.54, 1.807) is 37.4 Å². The Labute approximate surface area is 150 Å². The van der Waals surface area contributed by atoms with Crippen LogP contribution in [0.2, 0.25) is 0 Å². The number of benzene rings is 2.